The van der Waals surface area contributed by atoms with E-state index in [2.05, 4.69) is 133 Å². The summed E-state index contributed by atoms with van der Waals surface area (Å²) in [6, 6.07) is 29.7. The number of aliphatic imine (C=N–C) groups is 1. The fraction of sp³-hybridized carbons (Fsp3) is 0.286. The van der Waals surface area contributed by atoms with E-state index in [1.807, 2.05) is 19.1 Å². The van der Waals surface area contributed by atoms with E-state index in [-0.39, 0.29) is 16.6 Å². The summed E-state index contributed by atoms with van der Waals surface area (Å²) in [5, 5.41) is 14.9. The SMILES string of the molecule is CC(/C=C(O)/C(=C/C=C/C(C)(C)C)CC(C)(C)C)=N\c1ccccc1P(c1ccccc1)c1ccccc1. The van der Waals surface area contributed by atoms with Gasteiger partial charge >= 0.3 is 0 Å². The molecule has 0 saturated heterocycles. The molecule has 0 aromatic heterocycles. The van der Waals surface area contributed by atoms with Gasteiger partial charge < -0.3 is 5.11 Å². The van der Waals surface area contributed by atoms with Crippen LogP contribution in [0.4, 0.5) is 5.69 Å². The minimum Gasteiger partial charge on any atom is -0.508 e. The molecule has 3 rings (SSSR count). The lowest BCUT2D eigenvalue weighted by atomic mass is 9.86. The van der Waals surface area contributed by atoms with Crippen LogP contribution in [0, 0.1) is 10.8 Å². The van der Waals surface area contributed by atoms with Crippen molar-refractivity contribution in [3.63, 3.8) is 0 Å². The Labute approximate surface area is 231 Å². The van der Waals surface area contributed by atoms with Crippen molar-refractivity contribution in [2.24, 2.45) is 15.8 Å². The average molecular weight is 524 g/mol. The molecule has 198 valence electrons. The van der Waals surface area contributed by atoms with Gasteiger partial charge in [0.05, 0.1) is 5.69 Å². The fourth-order valence-corrected chi connectivity index (χ4v) is 6.48. The Hall–Kier alpha value is -3.22. The van der Waals surface area contributed by atoms with Crippen LogP contribution in [0.3, 0.4) is 0 Å². The number of rotatable bonds is 8. The highest BCUT2D eigenvalue weighted by atomic mass is 31.1. The minimum atomic E-state index is -0.779. The molecule has 0 aliphatic rings. The van der Waals surface area contributed by atoms with Crippen molar-refractivity contribution in [1.29, 1.82) is 0 Å². The second-order valence-electron chi connectivity index (χ2n) is 11.9. The van der Waals surface area contributed by atoms with E-state index in [0.29, 0.717) is 0 Å². The second kappa shape index (κ2) is 13.0. The first-order chi connectivity index (χ1) is 17.9. The molecule has 2 nitrogen and oxygen atoms in total. The van der Waals surface area contributed by atoms with Crippen LogP contribution < -0.4 is 15.9 Å². The summed E-state index contributed by atoms with van der Waals surface area (Å²) in [5.74, 6) is 0.269. The number of allylic oxidation sites excluding steroid dienone is 5. The summed E-state index contributed by atoms with van der Waals surface area (Å²) in [6.07, 6.45) is 8.82. The molecule has 0 unspecified atom stereocenters. The first-order valence-corrected chi connectivity index (χ1v) is 14.6. The Morgan fingerprint density at radius 3 is 1.84 bits per heavy atom. The lowest BCUT2D eigenvalue weighted by molar-refractivity contribution is 0.371. The number of benzene rings is 3. The zero-order valence-corrected chi connectivity index (χ0v) is 24.8. The molecule has 0 amide bonds. The van der Waals surface area contributed by atoms with Gasteiger partial charge in [0.2, 0.25) is 0 Å². The molecular formula is C35H42NOP. The van der Waals surface area contributed by atoms with Crippen LogP contribution in [-0.2, 0) is 0 Å². The van der Waals surface area contributed by atoms with Gasteiger partial charge in [0.1, 0.15) is 5.76 Å². The van der Waals surface area contributed by atoms with E-state index in [4.69, 9.17) is 4.99 Å². The fourth-order valence-electron chi connectivity index (χ4n) is 4.10. The maximum absolute atomic E-state index is 11.2. The molecule has 0 heterocycles. The lowest BCUT2D eigenvalue weighted by Crippen LogP contribution is -2.20. The van der Waals surface area contributed by atoms with Crippen molar-refractivity contribution in [2.75, 3.05) is 0 Å². The normalized spacial score (nSPS) is 13.9. The van der Waals surface area contributed by atoms with E-state index < -0.39 is 7.92 Å². The Kier molecular flexibility index (Phi) is 10.1. The van der Waals surface area contributed by atoms with Crippen molar-refractivity contribution in [3.8, 4) is 0 Å². The van der Waals surface area contributed by atoms with Crippen LogP contribution in [0.15, 0.2) is 126 Å². The second-order valence-corrected chi connectivity index (χ2v) is 14.1. The van der Waals surface area contributed by atoms with Gasteiger partial charge in [-0.3, -0.25) is 4.99 Å². The first kappa shape index (κ1) is 29.3. The average Bonchev–Trinajstić information content (AvgIpc) is 2.84. The maximum Gasteiger partial charge on any atom is 0.120 e. The summed E-state index contributed by atoms with van der Waals surface area (Å²) >= 11 is 0. The van der Waals surface area contributed by atoms with Gasteiger partial charge in [-0.15, -0.1) is 0 Å². The largest absolute Gasteiger partial charge is 0.508 e. The number of hydrogen-bond acceptors (Lipinski definition) is 2. The van der Waals surface area contributed by atoms with Crippen LogP contribution in [0.1, 0.15) is 54.9 Å². The molecule has 38 heavy (non-hydrogen) atoms. The number of nitrogens with zero attached hydrogens (tertiary/aromatic N) is 1. The third-order valence-electron chi connectivity index (χ3n) is 5.74. The molecule has 3 aromatic carbocycles. The van der Waals surface area contributed by atoms with E-state index in [1.165, 1.54) is 15.9 Å². The molecule has 0 radical (unpaired) electrons. The van der Waals surface area contributed by atoms with Crippen molar-refractivity contribution in [3.05, 3.63) is 121 Å². The van der Waals surface area contributed by atoms with Crippen molar-refractivity contribution >= 4 is 35.2 Å². The maximum atomic E-state index is 11.2. The lowest BCUT2D eigenvalue weighted by Gasteiger charge is -2.21. The smallest absolute Gasteiger partial charge is 0.120 e. The minimum absolute atomic E-state index is 0.0437. The number of para-hydroxylation sites is 1. The zero-order valence-electron chi connectivity index (χ0n) is 23.9. The van der Waals surface area contributed by atoms with Crippen LogP contribution in [0.5, 0.6) is 0 Å². The summed E-state index contributed by atoms with van der Waals surface area (Å²) in [6.45, 7) is 15.0. The summed E-state index contributed by atoms with van der Waals surface area (Å²) in [5.41, 5.74) is 2.74. The Morgan fingerprint density at radius 1 is 0.789 bits per heavy atom. The van der Waals surface area contributed by atoms with E-state index in [0.717, 1.165) is 23.4 Å². The van der Waals surface area contributed by atoms with Crippen LogP contribution >= 0.6 is 7.92 Å². The molecule has 0 fully saturated rings. The standard InChI is InChI=1S/C35H42NOP/c1-27(25-32(37)28(26-35(5,6)7)17-16-24-34(2,3)4)36-31-22-14-15-23-33(31)38(29-18-10-8-11-19-29)30-20-12-9-13-21-30/h8-25,37H,26H2,1-7H3/b24-16+,28-17+,32-25-,36-27+. The first-order valence-electron chi connectivity index (χ1n) is 13.3. The summed E-state index contributed by atoms with van der Waals surface area (Å²) < 4.78 is 0. The van der Waals surface area contributed by atoms with Crippen LogP contribution in [0.2, 0.25) is 0 Å². The molecule has 0 aliphatic heterocycles. The van der Waals surface area contributed by atoms with E-state index >= 15 is 0 Å². The van der Waals surface area contributed by atoms with Gasteiger partial charge in [-0.25, -0.2) is 0 Å². The van der Waals surface area contributed by atoms with E-state index in [9.17, 15) is 5.11 Å². The summed E-state index contributed by atoms with van der Waals surface area (Å²) in [7, 11) is -0.779. The molecule has 1 N–H and O–H groups in total. The molecule has 0 aliphatic carbocycles. The van der Waals surface area contributed by atoms with Crippen molar-refractivity contribution in [2.45, 2.75) is 54.9 Å². The Balaban J connectivity index is 2.03. The Bertz CT molecular complexity index is 1260. The highest BCUT2D eigenvalue weighted by Crippen LogP contribution is 2.36. The zero-order chi connectivity index (χ0) is 27.8. The van der Waals surface area contributed by atoms with Crippen LogP contribution in [-0.4, -0.2) is 10.8 Å². The molecular weight excluding hydrogens is 481 g/mol. The predicted octanol–water partition coefficient (Wildman–Crippen LogP) is 8.94. The number of aliphatic hydroxyl groups is 1. The van der Waals surface area contributed by atoms with Crippen LogP contribution in [0.25, 0.3) is 0 Å². The topological polar surface area (TPSA) is 32.6 Å². The monoisotopic (exact) mass is 523 g/mol. The molecule has 0 atom stereocenters. The van der Waals surface area contributed by atoms with Gasteiger partial charge in [-0.1, -0.05) is 139 Å². The predicted molar refractivity (Wildman–Crippen MR) is 169 cm³/mol. The number of aliphatic hydroxyl groups excluding tert-OH is 1. The van der Waals surface area contributed by atoms with Crippen molar-refractivity contribution in [1.82, 2.24) is 0 Å². The molecule has 0 saturated carbocycles. The van der Waals surface area contributed by atoms with Crippen molar-refractivity contribution < 1.29 is 5.11 Å². The van der Waals surface area contributed by atoms with Gasteiger partial charge in [0, 0.05) is 17.1 Å². The summed E-state index contributed by atoms with van der Waals surface area (Å²) in [4.78, 5) is 5.02. The highest BCUT2D eigenvalue weighted by molar-refractivity contribution is 7.80. The molecule has 3 heteroatoms. The molecule has 0 spiro atoms. The molecule has 0 bridgehead atoms. The number of hydrogen-bond donors (Lipinski definition) is 1. The molecule has 3 aromatic rings. The quantitative estimate of drug-likeness (QED) is 0.136. The third-order valence-corrected chi connectivity index (χ3v) is 8.23. The van der Waals surface area contributed by atoms with Gasteiger partial charge in [-0.2, -0.15) is 0 Å². The third kappa shape index (κ3) is 9.26. The Morgan fingerprint density at radius 2 is 1.32 bits per heavy atom. The van der Waals surface area contributed by atoms with Gasteiger partial charge in [0.25, 0.3) is 0 Å². The highest BCUT2D eigenvalue weighted by Gasteiger charge is 2.19. The van der Waals surface area contributed by atoms with E-state index in [1.54, 1.807) is 6.08 Å². The van der Waals surface area contributed by atoms with Gasteiger partial charge in [-0.05, 0) is 54.3 Å². The van der Waals surface area contributed by atoms with Gasteiger partial charge in [0.15, 0.2) is 0 Å².